The molecular formula is C22H25N5O2S. The summed E-state index contributed by atoms with van der Waals surface area (Å²) in [6.45, 7) is 7.20. The zero-order valence-corrected chi connectivity index (χ0v) is 18.3. The predicted octanol–water partition coefficient (Wildman–Crippen LogP) is 3.72. The Morgan fingerprint density at radius 1 is 1.13 bits per heavy atom. The summed E-state index contributed by atoms with van der Waals surface area (Å²) in [5.74, 6) is 2.32. The Kier molecular flexibility index (Phi) is 5.04. The summed E-state index contributed by atoms with van der Waals surface area (Å²) in [6, 6.07) is 6.04. The highest BCUT2D eigenvalue weighted by Crippen LogP contribution is 2.35. The van der Waals surface area contributed by atoms with Crippen LogP contribution in [0.25, 0.3) is 15.9 Å². The Hall–Kier alpha value is -2.71. The smallest absolute Gasteiger partial charge is 0.167 e. The third kappa shape index (κ3) is 3.40. The van der Waals surface area contributed by atoms with E-state index >= 15 is 0 Å². The molecule has 0 radical (unpaired) electrons. The van der Waals surface area contributed by atoms with Crippen LogP contribution in [-0.4, -0.2) is 51.3 Å². The Balaban J connectivity index is 1.51. The molecule has 0 bridgehead atoms. The number of fused-ring (bicyclic) bond motifs is 5. The quantitative estimate of drug-likeness (QED) is 0.471. The highest BCUT2D eigenvalue weighted by Gasteiger charge is 2.22. The number of hydrogen-bond acceptors (Lipinski definition) is 7. The SMILES string of the molecule is CCOc1ccc(Cc2nc3c4c5c(sc4ncn3n2)CN(C)CC5)cc1OCC. The number of nitrogens with zero attached hydrogens (tertiary/aromatic N) is 5. The molecule has 0 spiro atoms. The van der Waals surface area contributed by atoms with E-state index in [1.54, 1.807) is 17.7 Å². The molecule has 30 heavy (non-hydrogen) atoms. The normalized spacial score (nSPS) is 14.4. The van der Waals surface area contributed by atoms with Crippen LogP contribution in [-0.2, 0) is 19.4 Å². The largest absolute Gasteiger partial charge is 0.490 e. The fraction of sp³-hybridized carbons (Fsp3) is 0.409. The van der Waals surface area contributed by atoms with Crippen molar-refractivity contribution in [3.8, 4) is 11.5 Å². The monoisotopic (exact) mass is 423 g/mol. The minimum Gasteiger partial charge on any atom is -0.490 e. The molecule has 0 amide bonds. The lowest BCUT2D eigenvalue weighted by atomic mass is 10.1. The second-order valence-corrected chi connectivity index (χ2v) is 8.62. The van der Waals surface area contributed by atoms with Crippen molar-refractivity contribution in [3.63, 3.8) is 0 Å². The van der Waals surface area contributed by atoms with Gasteiger partial charge in [0.1, 0.15) is 11.2 Å². The molecule has 0 saturated heterocycles. The lowest BCUT2D eigenvalue weighted by Crippen LogP contribution is -2.25. The molecule has 1 aliphatic rings. The van der Waals surface area contributed by atoms with Crippen LogP contribution < -0.4 is 9.47 Å². The Bertz CT molecular complexity index is 1220. The molecule has 4 aromatic rings. The van der Waals surface area contributed by atoms with Crippen molar-refractivity contribution in [1.82, 2.24) is 24.5 Å². The summed E-state index contributed by atoms with van der Waals surface area (Å²) >= 11 is 1.78. The maximum absolute atomic E-state index is 5.76. The summed E-state index contributed by atoms with van der Waals surface area (Å²) in [6.07, 6.45) is 3.44. The summed E-state index contributed by atoms with van der Waals surface area (Å²) < 4.78 is 13.3. The van der Waals surface area contributed by atoms with E-state index in [0.717, 1.165) is 52.9 Å². The number of hydrogen-bond donors (Lipinski definition) is 0. The first-order valence-corrected chi connectivity index (χ1v) is 11.2. The van der Waals surface area contributed by atoms with Crippen LogP contribution in [0.2, 0.25) is 0 Å². The van der Waals surface area contributed by atoms with Gasteiger partial charge in [0.05, 0.1) is 18.6 Å². The minimum absolute atomic E-state index is 0.595. The molecule has 3 aromatic heterocycles. The van der Waals surface area contributed by atoms with Gasteiger partial charge < -0.3 is 14.4 Å². The number of benzene rings is 1. The summed E-state index contributed by atoms with van der Waals surface area (Å²) in [5.41, 5.74) is 3.40. The molecule has 0 aliphatic carbocycles. The first kappa shape index (κ1) is 19.3. The van der Waals surface area contributed by atoms with Crippen molar-refractivity contribution >= 4 is 27.2 Å². The van der Waals surface area contributed by atoms with Crippen LogP contribution >= 0.6 is 11.3 Å². The molecule has 0 saturated carbocycles. The van der Waals surface area contributed by atoms with Crippen molar-refractivity contribution in [3.05, 3.63) is 46.4 Å². The maximum Gasteiger partial charge on any atom is 0.167 e. The van der Waals surface area contributed by atoms with Crippen molar-refractivity contribution in [2.75, 3.05) is 26.8 Å². The van der Waals surface area contributed by atoms with E-state index in [1.807, 2.05) is 30.5 Å². The van der Waals surface area contributed by atoms with Crippen molar-refractivity contribution < 1.29 is 9.47 Å². The fourth-order valence-electron chi connectivity index (χ4n) is 4.03. The molecule has 1 aliphatic heterocycles. The Labute approximate surface area is 179 Å². The number of thiophene rings is 1. The minimum atomic E-state index is 0.595. The van der Waals surface area contributed by atoms with Crippen LogP contribution in [0.15, 0.2) is 24.5 Å². The van der Waals surface area contributed by atoms with E-state index in [-0.39, 0.29) is 0 Å². The topological polar surface area (TPSA) is 64.8 Å². The maximum atomic E-state index is 5.76. The third-order valence-corrected chi connectivity index (χ3v) is 6.51. The van der Waals surface area contributed by atoms with E-state index < -0.39 is 0 Å². The molecule has 5 rings (SSSR count). The first-order valence-electron chi connectivity index (χ1n) is 10.4. The predicted molar refractivity (Wildman–Crippen MR) is 118 cm³/mol. The van der Waals surface area contributed by atoms with Crippen LogP contribution in [0.3, 0.4) is 0 Å². The first-order chi connectivity index (χ1) is 14.7. The van der Waals surface area contributed by atoms with Gasteiger partial charge in [-0.25, -0.2) is 14.5 Å². The number of ether oxygens (including phenoxy) is 2. The van der Waals surface area contributed by atoms with E-state index in [9.17, 15) is 0 Å². The van der Waals surface area contributed by atoms with Crippen LogP contribution in [0, 0.1) is 0 Å². The average Bonchev–Trinajstić information content (AvgIpc) is 3.29. The second-order valence-electron chi connectivity index (χ2n) is 7.54. The third-order valence-electron chi connectivity index (χ3n) is 5.38. The summed E-state index contributed by atoms with van der Waals surface area (Å²) in [4.78, 5) is 14.4. The van der Waals surface area contributed by atoms with Crippen molar-refractivity contribution in [2.45, 2.75) is 33.2 Å². The van der Waals surface area contributed by atoms with Gasteiger partial charge in [-0.2, -0.15) is 0 Å². The molecule has 8 heteroatoms. The lowest BCUT2D eigenvalue weighted by molar-refractivity contribution is 0.287. The molecule has 1 aromatic carbocycles. The van der Waals surface area contributed by atoms with Gasteiger partial charge in [0, 0.05) is 24.4 Å². The highest BCUT2D eigenvalue weighted by molar-refractivity contribution is 7.19. The van der Waals surface area contributed by atoms with Gasteiger partial charge in [-0.05, 0) is 50.6 Å². The average molecular weight is 424 g/mol. The van der Waals surface area contributed by atoms with Crippen molar-refractivity contribution in [2.24, 2.45) is 0 Å². The molecule has 0 unspecified atom stereocenters. The molecular weight excluding hydrogens is 398 g/mol. The van der Waals surface area contributed by atoms with E-state index in [1.165, 1.54) is 15.8 Å². The van der Waals surface area contributed by atoms with Gasteiger partial charge in [-0.15, -0.1) is 16.4 Å². The Morgan fingerprint density at radius 3 is 2.80 bits per heavy atom. The van der Waals surface area contributed by atoms with Gasteiger partial charge in [-0.1, -0.05) is 6.07 Å². The molecule has 0 fully saturated rings. The van der Waals surface area contributed by atoms with Gasteiger partial charge in [0.15, 0.2) is 23.0 Å². The number of likely N-dealkylation sites (N-methyl/N-ethyl adjacent to an activating group) is 1. The molecule has 0 N–H and O–H groups in total. The van der Waals surface area contributed by atoms with Gasteiger partial charge >= 0.3 is 0 Å². The zero-order valence-electron chi connectivity index (χ0n) is 17.5. The zero-order chi connectivity index (χ0) is 20.7. The fourth-order valence-corrected chi connectivity index (χ4v) is 5.29. The standard InChI is InChI=1S/C22H25N5O2S/c1-4-28-16-7-6-14(10-17(16)29-5-2)11-19-24-21-20-15-8-9-26(3)12-18(15)30-22(20)23-13-27(21)25-19/h6-7,10,13H,4-5,8-9,11-12H2,1-3H3. The molecule has 156 valence electrons. The van der Waals surface area contributed by atoms with E-state index in [4.69, 9.17) is 19.6 Å². The lowest BCUT2D eigenvalue weighted by Gasteiger charge is -2.21. The van der Waals surface area contributed by atoms with Crippen LogP contribution in [0.4, 0.5) is 0 Å². The van der Waals surface area contributed by atoms with Gasteiger partial charge in [-0.3, -0.25) is 0 Å². The summed E-state index contributed by atoms with van der Waals surface area (Å²) in [7, 11) is 2.17. The van der Waals surface area contributed by atoms with E-state index in [0.29, 0.717) is 19.6 Å². The molecule has 4 heterocycles. The van der Waals surface area contributed by atoms with E-state index in [2.05, 4.69) is 23.0 Å². The van der Waals surface area contributed by atoms with Gasteiger partial charge in [0.25, 0.3) is 0 Å². The number of aromatic nitrogens is 4. The molecule has 0 atom stereocenters. The summed E-state index contributed by atoms with van der Waals surface area (Å²) in [5, 5.41) is 5.87. The van der Waals surface area contributed by atoms with Gasteiger partial charge in [0.2, 0.25) is 0 Å². The molecule has 7 nitrogen and oxygen atoms in total. The second kappa shape index (κ2) is 7.85. The van der Waals surface area contributed by atoms with Crippen molar-refractivity contribution in [1.29, 1.82) is 0 Å². The van der Waals surface area contributed by atoms with Crippen LogP contribution in [0.5, 0.6) is 11.5 Å². The van der Waals surface area contributed by atoms with Crippen LogP contribution in [0.1, 0.15) is 35.7 Å². The highest BCUT2D eigenvalue weighted by atomic mass is 32.1. The number of rotatable bonds is 6. The Morgan fingerprint density at radius 2 is 1.97 bits per heavy atom.